The second-order valence-corrected chi connectivity index (χ2v) is 8.86. The number of nitrogens with zero attached hydrogens (tertiary/aromatic N) is 1. The van der Waals surface area contributed by atoms with Crippen LogP contribution in [0.5, 0.6) is 11.5 Å². The average Bonchev–Trinajstić information content (AvgIpc) is 2.87. The van der Waals surface area contributed by atoms with Crippen LogP contribution in [-0.2, 0) is 22.4 Å². The molecule has 200 valence electrons. The van der Waals surface area contributed by atoms with Crippen molar-refractivity contribution in [2.45, 2.75) is 19.7 Å². The lowest BCUT2D eigenvalue weighted by molar-refractivity contribution is -0.137. The van der Waals surface area contributed by atoms with Gasteiger partial charge in [0.05, 0.1) is 29.1 Å². The standard InChI is InChI=1S/C25H19Cl3F3N3O4/c1-13(33-34-24(36)23(35)32-20-11-15(25(29,30)31)7-8-19(20)28)14-6-9-21(22(10-14)37-2)38-12-16-17(26)4-3-5-18(16)27/h3-11H,12H2,1-2H3,(H,32,35)(H,34,36)/b33-13+. The maximum Gasteiger partial charge on any atom is 0.416 e. The Balaban J connectivity index is 1.67. The van der Waals surface area contributed by atoms with Crippen LogP contribution in [0, 0.1) is 0 Å². The summed E-state index contributed by atoms with van der Waals surface area (Å²) in [5.41, 5.74) is 2.05. The van der Waals surface area contributed by atoms with Crippen molar-refractivity contribution < 1.29 is 32.2 Å². The molecule has 0 bridgehead atoms. The van der Waals surface area contributed by atoms with E-state index in [0.717, 1.165) is 12.1 Å². The highest BCUT2D eigenvalue weighted by Gasteiger charge is 2.31. The van der Waals surface area contributed by atoms with Crippen molar-refractivity contribution in [1.29, 1.82) is 0 Å². The molecule has 0 radical (unpaired) electrons. The van der Waals surface area contributed by atoms with Crippen molar-refractivity contribution in [1.82, 2.24) is 5.43 Å². The first kappa shape index (κ1) is 29.1. The number of rotatable bonds is 7. The fourth-order valence-corrected chi connectivity index (χ4v) is 3.73. The van der Waals surface area contributed by atoms with E-state index in [0.29, 0.717) is 44.4 Å². The highest BCUT2D eigenvalue weighted by molar-refractivity contribution is 6.41. The van der Waals surface area contributed by atoms with E-state index in [1.807, 2.05) is 10.7 Å². The van der Waals surface area contributed by atoms with Crippen molar-refractivity contribution in [3.63, 3.8) is 0 Å². The van der Waals surface area contributed by atoms with E-state index in [-0.39, 0.29) is 17.3 Å². The number of halogens is 6. The zero-order valence-corrected chi connectivity index (χ0v) is 22.0. The Bertz CT molecular complexity index is 1380. The Morgan fingerprint density at radius 2 is 1.61 bits per heavy atom. The number of anilines is 1. The van der Waals surface area contributed by atoms with E-state index in [1.54, 1.807) is 43.3 Å². The summed E-state index contributed by atoms with van der Waals surface area (Å²) in [6, 6.07) is 12.3. The zero-order valence-electron chi connectivity index (χ0n) is 19.8. The highest BCUT2D eigenvalue weighted by Crippen LogP contribution is 2.34. The van der Waals surface area contributed by atoms with Gasteiger partial charge in [0.15, 0.2) is 11.5 Å². The number of carbonyl (C=O) groups excluding carboxylic acids is 2. The fourth-order valence-electron chi connectivity index (χ4n) is 3.06. The topological polar surface area (TPSA) is 89.0 Å². The largest absolute Gasteiger partial charge is 0.493 e. The number of methoxy groups -OCH3 is 1. The second-order valence-electron chi connectivity index (χ2n) is 7.64. The van der Waals surface area contributed by atoms with Crippen LogP contribution in [0.2, 0.25) is 15.1 Å². The van der Waals surface area contributed by atoms with Gasteiger partial charge in [-0.1, -0.05) is 40.9 Å². The number of ether oxygens (including phenoxy) is 2. The monoisotopic (exact) mass is 587 g/mol. The first-order valence-corrected chi connectivity index (χ1v) is 11.8. The van der Waals surface area contributed by atoms with Crippen LogP contribution in [0.4, 0.5) is 18.9 Å². The molecule has 0 saturated carbocycles. The molecule has 3 aromatic carbocycles. The summed E-state index contributed by atoms with van der Waals surface area (Å²) < 4.78 is 49.9. The molecule has 0 spiro atoms. The van der Waals surface area contributed by atoms with Crippen molar-refractivity contribution >= 4 is 58.0 Å². The molecule has 0 aliphatic heterocycles. The molecule has 0 aliphatic rings. The van der Waals surface area contributed by atoms with Gasteiger partial charge in [-0.05, 0) is 55.5 Å². The Morgan fingerprint density at radius 1 is 0.921 bits per heavy atom. The molecule has 2 N–H and O–H groups in total. The van der Waals surface area contributed by atoms with E-state index < -0.39 is 23.6 Å². The van der Waals surface area contributed by atoms with Crippen LogP contribution < -0.4 is 20.2 Å². The summed E-state index contributed by atoms with van der Waals surface area (Å²) in [5.74, 6) is -1.74. The molecule has 38 heavy (non-hydrogen) atoms. The molecule has 0 aliphatic carbocycles. The minimum absolute atomic E-state index is 0.0857. The zero-order chi connectivity index (χ0) is 28.0. The number of carbonyl (C=O) groups is 2. The minimum Gasteiger partial charge on any atom is -0.493 e. The molecule has 3 aromatic rings. The van der Waals surface area contributed by atoms with Gasteiger partial charge in [-0.25, -0.2) is 5.43 Å². The molecule has 2 amide bonds. The predicted octanol–water partition coefficient (Wildman–Crippen LogP) is 6.73. The number of benzene rings is 3. The molecule has 0 saturated heterocycles. The quantitative estimate of drug-likeness (QED) is 0.182. The predicted molar refractivity (Wildman–Crippen MR) is 139 cm³/mol. The molecule has 0 fully saturated rings. The van der Waals surface area contributed by atoms with E-state index >= 15 is 0 Å². The Hall–Kier alpha value is -3.47. The van der Waals surface area contributed by atoms with Gasteiger partial charge in [0, 0.05) is 21.2 Å². The number of hydrogen-bond acceptors (Lipinski definition) is 5. The van der Waals surface area contributed by atoms with Gasteiger partial charge in [0.1, 0.15) is 6.61 Å². The van der Waals surface area contributed by atoms with E-state index in [4.69, 9.17) is 44.3 Å². The smallest absolute Gasteiger partial charge is 0.416 e. The summed E-state index contributed by atoms with van der Waals surface area (Å²) in [4.78, 5) is 24.3. The molecule has 3 rings (SSSR count). The Morgan fingerprint density at radius 3 is 2.24 bits per heavy atom. The second kappa shape index (κ2) is 12.4. The summed E-state index contributed by atoms with van der Waals surface area (Å²) in [6.45, 7) is 1.64. The summed E-state index contributed by atoms with van der Waals surface area (Å²) in [5, 5.41) is 6.63. The third-order valence-corrected chi connectivity index (χ3v) is 6.13. The first-order chi connectivity index (χ1) is 17.9. The van der Waals surface area contributed by atoms with Gasteiger partial charge in [-0.15, -0.1) is 0 Å². The van der Waals surface area contributed by atoms with Crippen molar-refractivity contribution in [2.24, 2.45) is 5.10 Å². The number of alkyl halides is 3. The lowest BCUT2D eigenvalue weighted by Gasteiger charge is -2.14. The van der Waals surface area contributed by atoms with Crippen LogP contribution in [0.1, 0.15) is 23.6 Å². The van der Waals surface area contributed by atoms with Gasteiger partial charge in [0.2, 0.25) is 0 Å². The number of hydrazone groups is 1. The van der Waals surface area contributed by atoms with E-state index in [1.165, 1.54) is 7.11 Å². The molecule has 0 aromatic heterocycles. The van der Waals surface area contributed by atoms with Crippen LogP contribution in [0.15, 0.2) is 59.7 Å². The SMILES string of the molecule is COc1cc(/C(C)=N/NC(=O)C(=O)Nc2cc(C(F)(F)F)ccc2Cl)ccc1OCc1c(Cl)cccc1Cl. The summed E-state index contributed by atoms with van der Waals surface area (Å²) >= 11 is 18.2. The lowest BCUT2D eigenvalue weighted by Crippen LogP contribution is -2.33. The van der Waals surface area contributed by atoms with Crippen LogP contribution in [0.25, 0.3) is 0 Å². The normalized spacial score (nSPS) is 11.6. The molecule has 0 atom stereocenters. The summed E-state index contributed by atoms with van der Waals surface area (Å²) in [7, 11) is 1.44. The number of nitrogens with one attached hydrogen (secondary N) is 2. The van der Waals surface area contributed by atoms with Crippen LogP contribution in [0.3, 0.4) is 0 Å². The fraction of sp³-hybridized carbons (Fsp3) is 0.160. The number of amides is 2. The van der Waals surface area contributed by atoms with Crippen LogP contribution in [-0.4, -0.2) is 24.6 Å². The third-order valence-electron chi connectivity index (χ3n) is 5.09. The van der Waals surface area contributed by atoms with Gasteiger partial charge in [0.25, 0.3) is 0 Å². The maximum atomic E-state index is 12.9. The molecule has 7 nitrogen and oxygen atoms in total. The van der Waals surface area contributed by atoms with Gasteiger partial charge in [-0.2, -0.15) is 18.3 Å². The number of hydrogen-bond donors (Lipinski definition) is 2. The van der Waals surface area contributed by atoms with Crippen molar-refractivity contribution in [3.05, 3.63) is 86.4 Å². The lowest BCUT2D eigenvalue weighted by atomic mass is 10.1. The molecular weight excluding hydrogens is 570 g/mol. The van der Waals surface area contributed by atoms with Gasteiger partial charge < -0.3 is 14.8 Å². The molecular formula is C25H19Cl3F3N3O4. The maximum absolute atomic E-state index is 12.9. The van der Waals surface area contributed by atoms with E-state index in [2.05, 4.69) is 5.10 Å². The minimum atomic E-state index is -4.66. The van der Waals surface area contributed by atoms with E-state index in [9.17, 15) is 22.8 Å². The van der Waals surface area contributed by atoms with Crippen LogP contribution >= 0.6 is 34.8 Å². The third kappa shape index (κ3) is 7.31. The molecule has 13 heteroatoms. The molecule has 0 unspecified atom stereocenters. The Kier molecular flexibility index (Phi) is 9.48. The molecule has 0 heterocycles. The van der Waals surface area contributed by atoms with Crippen molar-refractivity contribution in [3.8, 4) is 11.5 Å². The van der Waals surface area contributed by atoms with Crippen molar-refractivity contribution in [2.75, 3.05) is 12.4 Å². The summed E-state index contributed by atoms with van der Waals surface area (Å²) in [6.07, 6.45) is -4.66. The first-order valence-electron chi connectivity index (χ1n) is 10.7. The Labute approximate surface area is 230 Å². The van der Waals surface area contributed by atoms with Gasteiger partial charge >= 0.3 is 18.0 Å². The highest BCUT2D eigenvalue weighted by atomic mass is 35.5. The average molecular weight is 589 g/mol. The van der Waals surface area contributed by atoms with Gasteiger partial charge in [-0.3, -0.25) is 9.59 Å².